The average Bonchev–Trinajstić information content (AvgIpc) is 3.06. The molecule has 1 saturated heterocycles. The topological polar surface area (TPSA) is 21.3 Å². The SMILES string of the molecule is CCNCC1CCCC1C1CCOC2(CCCC2)C1. The minimum Gasteiger partial charge on any atom is -0.375 e. The van der Waals surface area contributed by atoms with Crippen LogP contribution in [0.3, 0.4) is 0 Å². The number of rotatable bonds is 4. The van der Waals surface area contributed by atoms with E-state index in [-0.39, 0.29) is 0 Å². The van der Waals surface area contributed by atoms with Crippen molar-refractivity contribution in [3.8, 4) is 0 Å². The molecular weight excluding hydrogens is 234 g/mol. The smallest absolute Gasteiger partial charge is 0.0685 e. The maximum absolute atomic E-state index is 6.22. The highest BCUT2D eigenvalue weighted by atomic mass is 16.5. The lowest BCUT2D eigenvalue weighted by molar-refractivity contribution is -0.104. The van der Waals surface area contributed by atoms with Gasteiger partial charge in [-0.25, -0.2) is 0 Å². The van der Waals surface area contributed by atoms with Crippen molar-refractivity contribution in [1.82, 2.24) is 5.32 Å². The number of nitrogens with one attached hydrogen (secondary N) is 1. The lowest BCUT2D eigenvalue weighted by atomic mass is 9.74. The molecule has 3 rings (SSSR count). The van der Waals surface area contributed by atoms with Crippen LogP contribution >= 0.6 is 0 Å². The predicted octanol–water partition coefficient (Wildman–Crippen LogP) is 3.75. The van der Waals surface area contributed by atoms with Gasteiger partial charge in [0.15, 0.2) is 0 Å². The Balaban J connectivity index is 1.60. The first-order chi connectivity index (χ1) is 9.33. The van der Waals surface area contributed by atoms with Gasteiger partial charge in [-0.1, -0.05) is 26.2 Å². The van der Waals surface area contributed by atoms with Gasteiger partial charge in [-0.15, -0.1) is 0 Å². The van der Waals surface area contributed by atoms with Crippen LogP contribution in [0, 0.1) is 17.8 Å². The number of ether oxygens (including phenoxy) is 1. The Bertz CT molecular complexity index is 285. The molecule has 0 amide bonds. The fourth-order valence-corrected chi connectivity index (χ4v) is 5.07. The third kappa shape index (κ3) is 3.00. The lowest BCUT2D eigenvalue weighted by Crippen LogP contribution is -2.41. The molecule has 2 saturated carbocycles. The number of hydrogen-bond donors (Lipinski definition) is 1. The van der Waals surface area contributed by atoms with Crippen molar-refractivity contribution in [2.45, 2.75) is 70.3 Å². The zero-order chi connectivity index (χ0) is 13.1. The molecule has 0 aromatic carbocycles. The largest absolute Gasteiger partial charge is 0.375 e. The first kappa shape index (κ1) is 13.9. The van der Waals surface area contributed by atoms with Crippen molar-refractivity contribution in [1.29, 1.82) is 0 Å². The van der Waals surface area contributed by atoms with E-state index in [4.69, 9.17) is 4.74 Å². The van der Waals surface area contributed by atoms with E-state index >= 15 is 0 Å². The van der Waals surface area contributed by atoms with E-state index in [0.29, 0.717) is 5.60 Å². The maximum Gasteiger partial charge on any atom is 0.0685 e. The highest BCUT2D eigenvalue weighted by Crippen LogP contribution is 2.48. The summed E-state index contributed by atoms with van der Waals surface area (Å²) in [4.78, 5) is 0. The molecule has 1 heterocycles. The van der Waals surface area contributed by atoms with E-state index < -0.39 is 0 Å². The Kier molecular flexibility index (Phi) is 4.48. The van der Waals surface area contributed by atoms with Crippen LogP contribution in [0.1, 0.15) is 64.7 Å². The quantitative estimate of drug-likeness (QED) is 0.836. The summed E-state index contributed by atoms with van der Waals surface area (Å²) in [5.41, 5.74) is 0.314. The molecule has 3 unspecified atom stereocenters. The summed E-state index contributed by atoms with van der Waals surface area (Å²) in [5, 5.41) is 3.59. The molecule has 110 valence electrons. The molecule has 0 bridgehead atoms. The summed E-state index contributed by atoms with van der Waals surface area (Å²) in [5.74, 6) is 2.89. The lowest BCUT2D eigenvalue weighted by Gasteiger charge is -2.42. The van der Waals surface area contributed by atoms with Crippen LogP contribution in [-0.2, 0) is 4.74 Å². The van der Waals surface area contributed by atoms with Crippen LogP contribution in [0.15, 0.2) is 0 Å². The van der Waals surface area contributed by atoms with E-state index in [0.717, 1.165) is 30.9 Å². The van der Waals surface area contributed by atoms with Gasteiger partial charge in [0.25, 0.3) is 0 Å². The van der Waals surface area contributed by atoms with Crippen molar-refractivity contribution >= 4 is 0 Å². The molecule has 1 N–H and O–H groups in total. The van der Waals surface area contributed by atoms with Crippen molar-refractivity contribution in [2.24, 2.45) is 17.8 Å². The number of hydrogen-bond acceptors (Lipinski definition) is 2. The summed E-state index contributed by atoms with van der Waals surface area (Å²) < 4.78 is 6.22. The summed E-state index contributed by atoms with van der Waals surface area (Å²) in [6, 6.07) is 0. The normalized spacial score (nSPS) is 38.1. The maximum atomic E-state index is 6.22. The summed E-state index contributed by atoms with van der Waals surface area (Å²) in [6.07, 6.45) is 12.6. The molecule has 3 fully saturated rings. The molecule has 2 nitrogen and oxygen atoms in total. The van der Waals surface area contributed by atoms with E-state index in [1.54, 1.807) is 0 Å². The van der Waals surface area contributed by atoms with Crippen molar-refractivity contribution in [2.75, 3.05) is 19.7 Å². The standard InChI is InChI=1S/C17H31NO/c1-2-18-13-15-6-5-7-16(15)14-8-11-19-17(12-14)9-3-4-10-17/h14-16,18H,2-13H2,1H3. The fourth-order valence-electron chi connectivity index (χ4n) is 5.07. The zero-order valence-electron chi connectivity index (χ0n) is 12.6. The monoisotopic (exact) mass is 265 g/mol. The minimum atomic E-state index is 0.314. The Morgan fingerprint density at radius 3 is 2.74 bits per heavy atom. The van der Waals surface area contributed by atoms with Crippen LogP contribution < -0.4 is 5.32 Å². The fraction of sp³-hybridized carbons (Fsp3) is 1.00. The molecule has 3 atom stereocenters. The van der Waals surface area contributed by atoms with Gasteiger partial charge in [-0.2, -0.15) is 0 Å². The molecule has 0 aromatic heterocycles. The molecule has 0 aromatic rings. The Morgan fingerprint density at radius 1 is 1.11 bits per heavy atom. The zero-order valence-corrected chi connectivity index (χ0v) is 12.6. The second kappa shape index (κ2) is 6.13. The van der Waals surface area contributed by atoms with Crippen LogP contribution in [0.5, 0.6) is 0 Å². The molecule has 2 aliphatic carbocycles. The predicted molar refractivity (Wildman–Crippen MR) is 79.2 cm³/mol. The second-order valence-corrected chi connectivity index (χ2v) is 7.15. The molecule has 3 aliphatic rings. The van der Waals surface area contributed by atoms with Gasteiger partial charge < -0.3 is 10.1 Å². The van der Waals surface area contributed by atoms with Gasteiger partial charge >= 0.3 is 0 Å². The van der Waals surface area contributed by atoms with Crippen molar-refractivity contribution in [3.63, 3.8) is 0 Å². The van der Waals surface area contributed by atoms with Gasteiger partial charge in [0.2, 0.25) is 0 Å². The first-order valence-electron chi connectivity index (χ1n) is 8.68. The average molecular weight is 265 g/mol. The van der Waals surface area contributed by atoms with Crippen LogP contribution in [0.2, 0.25) is 0 Å². The Morgan fingerprint density at radius 2 is 1.95 bits per heavy atom. The highest BCUT2D eigenvalue weighted by Gasteiger charge is 2.44. The summed E-state index contributed by atoms with van der Waals surface area (Å²) in [7, 11) is 0. The Hall–Kier alpha value is -0.0800. The second-order valence-electron chi connectivity index (χ2n) is 7.15. The van der Waals surface area contributed by atoms with Gasteiger partial charge in [-0.3, -0.25) is 0 Å². The first-order valence-corrected chi connectivity index (χ1v) is 8.68. The van der Waals surface area contributed by atoms with Gasteiger partial charge in [0, 0.05) is 6.61 Å². The Labute approximate surface area is 118 Å². The molecular formula is C17H31NO. The molecule has 1 aliphatic heterocycles. The van der Waals surface area contributed by atoms with E-state index in [2.05, 4.69) is 12.2 Å². The third-order valence-corrected chi connectivity index (χ3v) is 6.03. The third-order valence-electron chi connectivity index (χ3n) is 6.03. The minimum absolute atomic E-state index is 0.314. The van der Waals surface area contributed by atoms with Crippen LogP contribution in [0.4, 0.5) is 0 Å². The van der Waals surface area contributed by atoms with E-state index in [1.165, 1.54) is 64.3 Å². The molecule has 2 heteroatoms. The van der Waals surface area contributed by atoms with Gasteiger partial charge in [-0.05, 0) is 69.4 Å². The molecule has 1 spiro atoms. The molecule has 0 radical (unpaired) electrons. The van der Waals surface area contributed by atoms with Crippen LogP contribution in [0.25, 0.3) is 0 Å². The summed E-state index contributed by atoms with van der Waals surface area (Å²) >= 11 is 0. The van der Waals surface area contributed by atoms with E-state index in [1.807, 2.05) is 0 Å². The highest BCUT2D eigenvalue weighted by molar-refractivity contribution is 4.95. The van der Waals surface area contributed by atoms with Crippen molar-refractivity contribution in [3.05, 3.63) is 0 Å². The van der Waals surface area contributed by atoms with E-state index in [9.17, 15) is 0 Å². The van der Waals surface area contributed by atoms with Crippen LogP contribution in [-0.4, -0.2) is 25.3 Å². The molecule has 19 heavy (non-hydrogen) atoms. The van der Waals surface area contributed by atoms with Gasteiger partial charge in [0.1, 0.15) is 0 Å². The van der Waals surface area contributed by atoms with Gasteiger partial charge in [0.05, 0.1) is 5.60 Å². The summed E-state index contributed by atoms with van der Waals surface area (Å²) in [6.45, 7) is 5.65. The van der Waals surface area contributed by atoms with Crippen molar-refractivity contribution < 1.29 is 4.74 Å².